The van der Waals surface area contributed by atoms with Gasteiger partial charge >= 0.3 is 0 Å². The first-order valence-electron chi connectivity index (χ1n) is 6.58. The zero-order chi connectivity index (χ0) is 14.7. The molecule has 3 rings (SSSR count). The van der Waals surface area contributed by atoms with Crippen LogP contribution in [0.25, 0.3) is 11.3 Å². The number of benzene rings is 2. The quantitative estimate of drug-likeness (QED) is 0.714. The average Bonchev–Trinajstić information content (AvgIpc) is 3.09. The zero-order valence-electron chi connectivity index (χ0n) is 11.9. The van der Waals surface area contributed by atoms with E-state index in [1.165, 1.54) is 11.3 Å². The Morgan fingerprint density at radius 3 is 2.14 bits per heavy atom. The lowest BCUT2D eigenvalue weighted by Gasteiger charge is -2.20. The zero-order valence-corrected chi connectivity index (χ0v) is 12.7. The van der Waals surface area contributed by atoms with Crippen molar-refractivity contribution in [2.75, 3.05) is 19.1 Å². The predicted molar refractivity (Wildman–Crippen MR) is 87.4 cm³/mol. The van der Waals surface area contributed by atoms with Gasteiger partial charge in [-0.3, -0.25) is 0 Å². The second-order valence-electron chi connectivity index (χ2n) is 4.63. The van der Waals surface area contributed by atoms with E-state index < -0.39 is 0 Å². The fraction of sp³-hybridized carbons (Fsp3) is 0.118. The highest BCUT2D eigenvalue weighted by Gasteiger charge is 2.05. The van der Waals surface area contributed by atoms with Crippen LogP contribution in [0.15, 0.2) is 53.9 Å². The van der Waals surface area contributed by atoms with Crippen LogP contribution in [0.4, 0.5) is 11.4 Å². The smallest absolute Gasteiger partial charge is 0.152 e. The van der Waals surface area contributed by atoms with Crippen molar-refractivity contribution in [2.24, 2.45) is 0 Å². The van der Waals surface area contributed by atoms with Crippen LogP contribution in [0.5, 0.6) is 5.75 Å². The van der Waals surface area contributed by atoms with Crippen LogP contribution in [-0.4, -0.2) is 19.1 Å². The summed E-state index contributed by atoms with van der Waals surface area (Å²) in [4.78, 5) is 6.34. The minimum absolute atomic E-state index is 0.863. The highest BCUT2D eigenvalue weighted by Crippen LogP contribution is 2.27. The van der Waals surface area contributed by atoms with Crippen LogP contribution >= 0.6 is 11.3 Å². The van der Waals surface area contributed by atoms with Crippen molar-refractivity contribution in [3.05, 3.63) is 59.4 Å². The average molecular weight is 295 g/mol. The highest BCUT2D eigenvalue weighted by atomic mass is 32.1. The number of methoxy groups -OCH3 is 1. The first-order valence-corrected chi connectivity index (χ1v) is 7.45. The Balaban J connectivity index is 1.82. The fourth-order valence-electron chi connectivity index (χ4n) is 2.13. The first-order chi connectivity index (χ1) is 10.3. The Hall–Kier alpha value is -2.33. The normalized spacial score (nSPS) is 10.4. The summed E-state index contributed by atoms with van der Waals surface area (Å²) >= 11 is 1.49. The van der Waals surface area contributed by atoms with Gasteiger partial charge in [0.25, 0.3) is 0 Å². The Labute approximate surface area is 128 Å². The highest BCUT2D eigenvalue weighted by molar-refractivity contribution is 7.07. The van der Waals surface area contributed by atoms with Gasteiger partial charge in [-0.25, -0.2) is 4.98 Å². The molecular weight excluding hydrogens is 280 g/mol. The van der Waals surface area contributed by atoms with E-state index in [0.29, 0.717) is 0 Å². The molecule has 0 saturated carbocycles. The third-order valence-electron chi connectivity index (χ3n) is 3.40. The van der Waals surface area contributed by atoms with E-state index >= 15 is 0 Å². The minimum Gasteiger partial charge on any atom is -0.497 e. The van der Waals surface area contributed by atoms with Crippen molar-refractivity contribution in [3.63, 3.8) is 0 Å². The molecule has 0 unspecified atom stereocenters. The van der Waals surface area contributed by atoms with Crippen LogP contribution in [-0.2, 0) is 0 Å². The molecule has 0 atom stereocenters. The Morgan fingerprint density at radius 1 is 1.00 bits per heavy atom. The molecule has 0 fully saturated rings. The molecule has 4 heteroatoms. The van der Waals surface area contributed by atoms with Crippen LogP contribution in [0.3, 0.4) is 0 Å². The molecule has 0 N–H and O–H groups in total. The molecule has 105 valence electrons. The van der Waals surface area contributed by atoms with Crippen LogP contribution in [0.2, 0.25) is 0 Å². The molecule has 3 aromatic rings. The van der Waals surface area contributed by atoms with Crippen LogP contribution < -0.4 is 9.64 Å². The van der Waals surface area contributed by atoms with Gasteiger partial charge in [-0.1, -0.05) is 12.1 Å². The van der Waals surface area contributed by atoms with Crippen molar-refractivity contribution in [2.45, 2.75) is 0 Å². The lowest BCUT2D eigenvalue weighted by molar-refractivity contribution is 0.415. The van der Waals surface area contributed by atoms with Gasteiger partial charge in [-0.2, -0.15) is 0 Å². The molecular formula is C17H15N2OS. The van der Waals surface area contributed by atoms with Gasteiger partial charge in [-0.05, 0) is 36.4 Å². The molecule has 0 aliphatic carbocycles. The lowest BCUT2D eigenvalue weighted by Crippen LogP contribution is -2.08. The number of anilines is 2. The maximum Gasteiger partial charge on any atom is 0.152 e. The van der Waals surface area contributed by atoms with E-state index in [2.05, 4.69) is 39.7 Å². The third kappa shape index (κ3) is 2.90. The standard InChI is InChI=1S/C17H15N2OS/c1-19(15-7-9-16(20-2)10-8-15)14-5-3-13(4-6-14)17-11-21-12-18-17/h3-11H,1-2H3. The van der Waals surface area contributed by atoms with E-state index in [9.17, 15) is 0 Å². The molecule has 1 radical (unpaired) electrons. The SMILES string of the molecule is COc1ccc(N(C)c2ccc(-c3cs[c]n3)cc2)cc1. The number of rotatable bonds is 4. The third-order valence-corrected chi connectivity index (χ3v) is 3.94. The van der Waals surface area contributed by atoms with Gasteiger partial charge in [0.1, 0.15) is 5.75 Å². The molecule has 1 heterocycles. The topological polar surface area (TPSA) is 25.4 Å². The van der Waals surface area contributed by atoms with E-state index in [0.717, 1.165) is 28.4 Å². The first kappa shape index (κ1) is 13.6. The Kier molecular flexibility index (Phi) is 3.88. The predicted octanol–water partition coefficient (Wildman–Crippen LogP) is 4.39. The summed E-state index contributed by atoms with van der Waals surface area (Å²) in [6.07, 6.45) is 0. The molecule has 1 aromatic heterocycles. The number of ether oxygens (including phenoxy) is 1. The fourth-order valence-corrected chi connectivity index (χ4v) is 2.63. The van der Waals surface area contributed by atoms with Gasteiger partial charge in [0, 0.05) is 29.4 Å². The molecule has 0 aliphatic rings. The Bertz CT molecular complexity index is 691. The second kappa shape index (κ2) is 5.97. The summed E-state index contributed by atoms with van der Waals surface area (Å²) in [6.45, 7) is 0. The van der Waals surface area contributed by atoms with Crippen molar-refractivity contribution in [3.8, 4) is 17.0 Å². The van der Waals surface area contributed by atoms with Crippen molar-refractivity contribution >= 4 is 22.7 Å². The van der Waals surface area contributed by atoms with Crippen molar-refractivity contribution in [1.29, 1.82) is 0 Å². The van der Waals surface area contributed by atoms with Gasteiger partial charge < -0.3 is 9.64 Å². The second-order valence-corrected chi connectivity index (χ2v) is 5.28. The summed E-state index contributed by atoms with van der Waals surface area (Å²) in [5, 5.41) is 2.00. The summed E-state index contributed by atoms with van der Waals surface area (Å²) in [5.74, 6) is 0.863. The summed E-state index contributed by atoms with van der Waals surface area (Å²) < 4.78 is 5.18. The van der Waals surface area contributed by atoms with Crippen molar-refractivity contribution < 1.29 is 4.74 Å². The van der Waals surface area contributed by atoms with E-state index in [1.807, 2.05) is 36.7 Å². The number of nitrogens with zero attached hydrogens (tertiary/aromatic N) is 2. The van der Waals surface area contributed by atoms with Crippen LogP contribution in [0, 0.1) is 5.51 Å². The van der Waals surface area contributed by atoms with E-state index in [1.54, 1.807) is 7.11 Å². The maximum atomic E-state index is 5.18. The summed E-state index contributed by atoms with van der Waals surface area (Å²) in [5.41, 5.74) is 7.20. The molecule has 3 nitrogen and oxygen atoms in total. The van der Waals surface area contributed by atoms with Crippen molar-refractivity contribution in [1.82, 2.24) is 4.98 Å². The molecule has 2 aromatic carbocycles. The van der Waals surface area contributed by atoms with E-state index in [4.69, 9.17) is 4.74 Å². The lowest BCUT2D eigenvalue weighted by atomic mass is 10.1. The molecule has 0 aliphatic heterocycles. The number of hydrogen-bond donors (Lipinski definition) is 0. The number of aromatic nitrogens is 1. The van der Waals surface area contributed by atoms with Gasteiger partial charge in [0.15, 0.2) is 5.51 Å². The number of hydrogen-bond acceptors (Lipinski definition) is 4. The molecule has 0 amide bonds. The van der Waals surface area contributed by atoms with Gasteiger partial charge in [0.2, 0.25) is 0 Å². The minimum atomic E-state index is 0.863. The monoisotopic (exact) mass is 295 g/mol. The molecule has 0 spiro atoms. The van der Waals surface area contributed by atoms with Gasteiger partial charge in [0.05, 0.1) is 12.8 Å². The van der Waals surface area contributed by atoms with Gasteiger partial charge in [-0.15, -0.1) is 11.3 Å². The van der Waals surface area contributed by atoms with Crippen LogP contribution in [0.1, 0.15) is 0 Å². The maximum absolute atomic E-state index is 5.18. The van der Waals surface area contributed by atoms with E-state index in [-0.39, 0.29) is 0 Å². The number of thiazole rings is 1. The summed E-state index contributed by atoms with van der Waals surface area (Å²) in [6, 6.07) is 16.4. The molecule has 0 saturated heterocycles. The molecule has 21 heavy (non-hydrogen) atoms. The molecule has 0 bridgehead atoms. The Morgan fingerprint density at radius 2 is 1.62 bits per heavy atom. The summed E-state index contributed by atoms with van der Waals surface area (Å²) in [7, 11) is 3.72. The largest absolute Gasteiger partial charge is 0.497 e.